The molecule has 1 unspecified atom stereocenters. The van der Waals surface area contributed by atoms with Gasteiger partial charge < -0.3 is 9.47 Å². The zero-order valence-corrected chi connectivity index (χ0v) is 30.2. The number of hydrogen-bond acceptors (Lipinski definition) is 2. The van der Waals surface area contributed by atoms with Gasteiger partial charge in [0.2, 0.25) is 0 Å². The summed E-state index contributed by atoms with van der Waals surface area (Å²) in [7, 11) is 3.53. The first kappa shape index (κ1) is 41.1. The van der Waals surface area contributed by atoms with Crippen molar-refractivity contribution in [1.29, 1.82) is 0 Å². The Morgan fingerprint density at radius 3 is 1.64 bits per heavy atom. The average Bonchev–Trinajstić information content (AvgIpc) is 2.95. The summed E-state index contributed by atoms with van der Waals surface area (Å²) in [4.78, 5) is 0. The molecule has 0 aromatic heterocycles. The molecule has 0 aliphatic heterocycles. The van der Waals surface area contributed by atoms with Crippen molar-refractivity contribution in [2.75, 3.05) is 14.2 Å². The van der Waals surface area contributed by atoms with E-state index in [1.165, 1.54) is 27.9 Å². The summed E-state index contributed by atoms with van der Waals surface area (Å²) >= 11 is 0. The molecule has 0 N–H and O–H groups in total. The normalized spacial score (nSPS) is 16.4. The Balaban J connectivity index is 4.59. The largest absolute Gasteiger partial charge is 0.378 e. The van der Waals surface area contributed by atoms with Gasteiger partial charge in [0.05, 0.1) is 11.2 Å². The summed E-state index contributed by atoms with van der Waals surface area (Å²) in [6, 6.07) is 0. The molecule has 0 heterocycles. The summed E-state index contributed by atoms with van der Waals surface area (Å²) in [5.41, 5.74) is 6.16. The fourth-order valence-corrected chi connectivity index (χ4v) is 3.80. The first-order valence-corrected chi connectivity index (χ1v) is 16.2. The van der Waals surface area contributed by atoms with Gasteiger partial charge >= 0.3 is 0 Å². The van der Waals surface area contributed by atoms with Crippen molar-refractivity contribution in [3.63, 3.8) is 0 Å². The summed E-state index contributed by atoms with van der Waals surface area (Å²) < 4.78 is 10.9. The van der Waals surface area contributed by atoms with Gasteiger partial charge in [-0.1, -0.05) is 138 Å². The van der Waals surface area contributed by atoms with E-state index in [2.05, 4.69) is 173 Å². The molecule has 0 radical (unpaired) electrons. The van der Waals surface area contributed by atoms with Crippen molar-refractivity contribution in [2.45, 2.75) is 113 Å². The first-order valence-electron chi connectivity index (χ1n) is 16.2. The fraction of sp³-hybridized carbons (Fsp3) is 0.476. The monoisotopic (exact) mass is 600 g/mol. The first-order chi connectivity index (χ1) is 20.7. The highest BCUT2D eigenvalue weighted by Gasteiger charge is 2.13. The van der Waals surface area contributed by atoms with Gasteiger partial charge in [-0.05, 0) is 100 Å². The van der Waals surface area contributed by atoms with Gasteiger partial charge in [0, 0.05) is 14.2 Å². The van der Waals surface area contributed by atoms with Crippen LogP contribution in [0.2, 0.25) is 0 Å². The molecule has 0 aromatic carbocycles. The standard InChI is InChI=1S/C42H64O2/c1-35(23-15-25-37(3)27-17-29-39(5)31-19-33-41(7,8)43-11)21-13-14-22-36(2)24-16-26-38(4)28-18-30-40(6)32-20-34-42(9,10)44-12/h13-15,17-23,25-29,31-32,40H,16,24,30,33-34H2,1-12H3/b14-13+,23-15+,27-17+,28-18-,31-19+,32-20+,35-21+,36-22+,37-25+,38-26+,39-29+. The molecular formula is C42H64O2. The van der Waals surface area contributed by atoms with Gasteiger partial charge in [-0.3, -0.25) is 0 Å². The molecule has 0 saturated carbocycles. The van der Waals surface area contributed by atoms with Crippen LogP contribution in [0.3, 0.4) is 0 Å². The van der Waals surface area contributed by atoms with Crippen LogP contribution >= 0.6 is 0 Å². The lowest BCUT2D eigenvalue weighted by atomic mass is 10.0. The zero-order chi connectivity index (χ0) is 33.4. The Bertz CT molecular complexity index is 1150. The van der Waals surface area contributed by atoms with Crippen molar-refractivity contribution in [3.05, 3.63) is 131 Å². The molecule has 0 bridgehead atoms. The van der Waals surface area contributed by atoms with Gasteiger partial charge in [0.1, 0.15) is 0 Å². The average molecular weight is 601 g/mol. The number of methoxy groups -OCH3 is 2. The van der Waals surface area contributed by atoms with Crippen molar-refractivity contribution < 1.29 is 9.47 Å². The van der Waals surface area contributed by atoms with Crippen molar-refractivity contribution in [3.8, 4) is 0 Å². The molecule has 0 aliphatic rings. The second kappa shape index (κ2) is 23.4. The van der Waals surface area contributed by atoms with Crippen molar-refractivity contribution >= 4 is 0 Å². The van der Waals surface area contributed by atoms with Gasteiger partial charge in [-0.15, -0.1) is 0 Å². The van der Waals surface area contributed by atoms with E-state index in [1.807, 2.05) is 0 Å². The smallest absolute Gasteiger partial charge is 0.0657 e. The van der Waals surface area contributed by atoms with Gasteiger partial charge in [-0.2, -0.15) is 0 Å². The second-order valence-electron chi connectivity index (χ2n) is 13.1. The van der Waals surface area contributed by atoms with E-state index in [-0.39, 0.29) is 11.2 Å². The molecule has 0 spiro atoms. The van der Waals surface area contributed by atoms with Crippen molar-refractivity contribution in [2.24, 2.45) is 5.92 Å². The molecule has 0 fully saturated rings. The predicted octanol–water partition coefficient (Wildman–Crippen LogP) is 12.5. The third kappa shape index (κ3) is 24.5. The van der Waals surface area contributed by atoms with Crippen LogP contribution in [0.25, 0.3) is 0 Å². The highest BCUT2D eigenvalue weighted by Crippen LogP contribution is 2.16. The molecule has 0 amide bonds. The third-order valence-corrected chi connectivity index (χ3v) is 7.35. The molecule has 2 nitrogen and oxygen atoms in total. The minimum Gasteiger partial charge on any atom is -0.378 e. The van der Waals surface area contributed by atoms with E-state index >= 15 is 0 Å². The lowest BCUT2D eigenvalue weighted by Crippen LogP contribution is -2.20. The Morgan fingerprint density at radius 1 is 0.591 bits per heavy atom. The van der Waals surface area contributed by atoms with E-state index in [4.69, 9.17) is 9.47 Å². The zero-order valence-electron chi connectivity index (χ0n) is 30.2. The van der Waals surface area contributed by atoms with Crippen LogP contribution in [0, 0.1) is 5.92 Å². The van der Waals surface area contributed by atoms with Crippen LogP contribution in [-0.4, -0.2) is 25.4 Å². The molecule has 0 aromatic rings. The quantitative estimate of drug-likeness (QED) is 0.102. The van der Waals surface area contributed by atoms with E-state index in [9.17, 15) is 0 Å². The SMILES string of the molecule is COC(C)(C)C/C=C/C(C)=C/C=C/C(C)=C/C=C/C(C)=C/C=C/C=C(\C)CC/C=C(C)/C=C\CC(C)/C=C/CC(C)(C)OC. The highest BCUT2D eigenvalue weighted by atomic mass is 16.5. The Labute approximate surface area is 272 Å². The van der Waals surface area contributed by atoms with Crippen LogP contribution in [0.5, 0.6) is 0 Å². The molecule has 0 saturated heterocycles. The molecule has 44 heavy (non-hydrogen) atoms. The summed E-state index contributed by atoms with van der Waals surface area (Å²) in [6.07, 6.45) is 42.1. The topological polar surface area (TPSA) is 18.5 Å². The van der Waals surface area contributed by atoms with Crippen LogP contribution < -0.4 is 0 Å². The molecule has 0 rings (SSSR count). The number of rotatable bonds is 20. The van der Waals surface area contributed by atoms with Crippen LogP contribution in [-0.2, 0) is 9.47 Å². The Kier molecular flexibility index (Phi) is 21.9. The summed E-state index contributed by atoms with van der Waals surface area (Å²) in [6.45, 7) is 21.4. The fourth-order valence-electron chi connectivity index (χ4n) is 3.80. The summed E-state index contributed by atoms with van der Waals surface area (Å²) in [5, 5.41) is 0. The third-order valence-electron chi connectivity index (χ3n) is 7.35. The highest BCUT2D eigenvalue weighted by molar-refractivity contribution is 5.31. The lowest BCUT2D eigenvalue weighted by molar-refractivity contribution is 0.0251. The number of ether oxygens (including phenoxy) is 2. The van der Waals surface area contributed by atoms with Crippen molar-refractivity contribution in [1.82, 2.24) is 0 Å². The van der Waals surface area contributed by atoms with Crippen LogP contribution in [0.15, 0.2) is 131 Å². The van der Waals surface area contributed by atoms with E-state index in [1.54, 1.807) is 14.2 Å². The van der Waals surface area contributed by atoms with E-state index in [0.717, 1.165) is 32.1 Å². The van der Waals surface area contributed by atoms with Gasteiger partial charge in [0.25, 0.3) is 0 Å². The number of hydrogen-bond donors (Lipinski definition) is 0. The molecular weight excluding hydrogens is 536 g/mol. The van der Waals surface area contributed by atoms with Crippen LogP contribution in [0.1, 0.15) is 101 Å². The van der Waals surface area contributed by atoms with Gasteiger partial charge in [0.15, 0.2) is 0 Å². The molecule has 0 aliphatic carbocycles. The predicted molar refractivity (Wildman–Crippen MR) is 198 cm³/mol. The van der Waals surface area contributed by atoms with E-state index in [0.29, 0.717) is 5.92 Å². The minimum absolute atomic E-state index is 0.0884. The Morgan fingerprint density at radius 2 is 1.07 bits per heavy atom. The maximum Gasteiger partial charge on any atom is 0.0657 e. The van der Waals surface area contributed by atoms with E-state index < -0.39 is 0 Å². The molecule has 1 atom stereocenters. The lowest BCUT2D eigenvalue weighted by Gasteiger charge is -2.20. The minimum atomic E-state index is -0.119. The molecule has 244 valence electrons. The second-order valence-corrected chi connectivity index (χ2v) is 13.1. The maximum atomic E-state index is 5.48. The molecule has 2 heteroatoms. The Hall–Kier alpha value is -2.94. The number of allylic oxidation sites excluding steroid dienone is 20. The maximum absolute atomic E-state index is 5.48. The summed E-state index contributed by atoms with van der Waals surface area (Å²) in [5.74, 6) is 0.532. The van der Waals surface area contributed by atoms with Crippen LogP contribution in [0.4, 0.5) is 0 Å². The van der Waals surface area contributed by atoms with Gasteiger partial charge in [-0.25, -0.2) is 0 Å².